The largest absolute Gasteiger partial charge is 0.480 e. The van der Waals surface area contributed by atoms with E-state index in [0.717, 1.165) is 5.56 Å². The fourth-order valence-corrected chi connectivity index (χ4v) is 1.45. The van der Waals surface area contributed by atoms with Gasteiger partial charge in [-0.3, -0.25) is 4.79 Å². The van der Waals surface area contributed by atoms with Gasteiger partial charge in [-0.15, -0.1) is 0 Å². The van der Waals surface area contributed by atoms with Crippen molar-refractivity contribution < 1.29 is 9.90 Å². The monoisotopic (exact) mass is 217 g/mol. The van der Waals surface area contributed by atoms with Crippen LogP contribution in [0, 0.1) is 11.3 Å². The predicted octanol–water partition coefficient (Wildman–Crippen LogP) is 2.68. The molecule has 0 saturated carbocycles. The van der Waals surface area contributed by atoms with Crippen LogP contribution >= 0.6 is 0 Å². The average Bonchev–Trinajstić information content (AvgIpc) is 2.17. The first kappa shape index (κ1) is 12.3. The normalized spacial score (nSPS) is 12.9. The maximum atomic E-state index is 10.8. The van der Waals surface area contributed by atoms with Crippen molar-refractivity contribution in [2.75, 3.05) is 0 Å². The predicted molar refractivity (Wildman–Crippen MR) is 61.1 cm³/mol. The second-order valence-corrected chi connectivity index (χ2v) is 4.77. The lowest BCUT2D eigenvalue weighted by Gasteiger charge is -2.19. The van der Waals surface area contributed by atoms with Crippen LogP contribution in [0.3, 0.4) is 0 Å². The molecule has 1 aromatic carbocycles. The molecule has 0 heterocycles. The van der Waals surface area contributed by atoms with E-state index in [2.05, 4.69) is 20.8 Å². The summed E-state index contributed by atoms with van der Waals surface area (Å²) in [4.78, 5) is 10.8. The van der Waals surface area contributed by atoms with Gasteiger partial charge in [0.2, 0.25) is 0 Å². The van der Waals surface area contributed by atoms with Crippen LogP contribution in [-0.4, -0.2) is 11.1 Å². The number of hydrogen-bond donors (Lipinski definition) is 1. The van der Waals surface area contributed by atoms with Crippen molar-refractivity contribution >= 4 is 5.97 Å². The maximum absolute atomic E-state index is 10.8. The fourth-order valence-electron chi connectivity index (χ4n) is 1.45. The summed E-state index contributed by atoms with van der Waals surface area (Å²) in [5.41, 5.74) is 1.69. The summed E-state index contributed by atoms with van der Waals surface area (Å²) in [5, 5.41) is 17.6. The van der Waals surface area contributed by atoms with Crippen molar-refractivity contribution in [3.05, 3.63) is 35.4 Å². The van der Waals surface area contributed by atoms with Gasteiger partial charge in [-0.25, -0.2) is 0 Å². The standard InChI is InChI=1S/C13H15NO2/c1-13(2,3)10-6-4-9(5-7-10)11(8-14)12(15)16/h4-7,11H,1-3H3,(H,15,16). The molecule has 84 valence electrons. The first-order chi connectivity index (χ1) is 7.36. The van der Waals surface area contributed by atoms with E-state index in [0.29, 0.717) is 5.56 Å². The zero-order chi connectivity index (χ0) is 12.3. The van der Waals surface area contributed by atoms with Crippen LogP contribution in [-0.2, 0) is 10.2 Å². The average molecular weight is 217 g/mol. The Bertz CT molecular complexity index is 421. The molecule has 0 aliphatic rings. The lowest BCUT2D eigenvalue weighted by atomic mass is 9.86. The lowest BCUT2D eigenvalue weighted by Crippen LogP contribution is -2.12. The molecular weight excluding hydrogens is 202 g/mol. The van der Waals surface area contributed by atoms with E-state index in [4.69, 9.17) is 10.4 Å². The SMILES string of the molecule is CC(C)(C)c1ccc(C(C#N)C(=O)O)cc1. The van der Waals surface area contributed by atoms with Crippen molar-refractivity contribution in [2.24, 2.45) is 0 Å². The van der Waals surface area contributed by atoms with E-state index in [1.807, 2.05) is 12.1 Å². The number of hydrogen-bond acceptors (Lipinski definition) is 2. The molecule has 3 nitrogen and oxygen atoms in total. The number of carboxylic acid groups (broad SMARTS) is 1. The lowest BCUT2D eigenvalue weighted by molar-refractivity contribution is -0.137. The number of rotatable bonds is 2. The highest BCUT2D eigenvalue weighted by Gasteiger charge is 2.20. The number of carbonyl (C=O) groups is 1. The quantitative estimate of drug-likeness (QED) is 0.828. The van der Waals surface area contributed by atoms with Gasteiger partial charge in [0.1, 0.15) is 0 Å². The Morgan fingerprint density at radius 3 is 2.12 bits per heavy atom. The molecular formula is C13H15NO2. The zero-order valence-electron chi connectivity index (χ0n) is 9.69. The Kier molecular flexibility index (Phi) is 3.34. The van der Waals surface area contributed by atoms with Crippen LogP contribution in [0.25, 0.3) is 0 Å². The number of nitriles is 1. The Morgan fingerprint density at radius 1 is 1.31 bits per heavy atom. The third-order valence-corrected chi connectivity index (χ3v) is 2.49. The second kappa shape index (κ2) is 4.36. The van der Waals surface area contributed by atoms with Crippen LogP contribution in [0.4, 0.5) is 0 Å². The summed E-state index contributed by atoms with van der Waals surface area (Å²) in [6.07, 6.45) is 0. The molecule has 0 aliphatic carbocycles. The summed E-state index contributed by atoms with van der Waals surface area (Å²) in [6.45, 7) is 6.25. The number of aliphatic carboxylic acids is 1. The maximum Gasteiger partial charge on any atom is 0.325 e. The zero-order valence-corrected chi connectivity index (χ0v) is 9.69. The Hall–Kier alpha value is -1.82. The topological polar surface area (TPSA) is 61.1 Å². The van der Waals surface area contributed by atoms with E-state index in [9.17, 15) is 4.79 Å². The molecule has 0 radical (unpaired) electrons. The van der Waals surface area contributed by atoms with Gasteiger partial charge < -0.3 is 5.11 Å². The van der Waals surface area contributed by atoms with Crippen LogP contribution < -0.4 is 0 Å². The Morgan fingerprint density at radius 2 is 1.81 bits per heavy atom. The molecule has 0 aliphatic heterocycles. The minimum absolute atomic E-state index is 0.0316. The Balaban J connectivity index is 3.04. The van der Waals surface area contributed by atoms with Crippen molar-refractivity contribution in [3.8, 4) is 6.07 Å². The third kappa shape index (κ3) is 2.60. The molecule has 0 amide bonds. The van der Waals surface area contributed by atoms with E-state index < -0.39 is 11.9 Å². The van der Waals surface area contributed by atoms with E-state index >= 15 is 0 Å². The molecule has 3 heteroatoms. The van der Waals surface area contributed by atoms with Crippen molar-refractivity contribution in [3.63, 3.8) is 0 Å². The van der Waals surface area contributed by atoms with Gasteiger partial charge in [0.25, 0.3) is 0 Å². The van der Waals surface area contributed by atoms with Gasteiger partial charge in [0.15, 0.2) is 5.92 Å². The van der Waals surface area contributed by atoms with E-state index in [1.54, 1.807) is 18.2 Å². The summed E-state index contributed by atoms with van der Waals surface area (Å²) < 4.78 is 0. The molecule has 1 atom stereocenters. The molecule has 1 aromatic rings. The molecule has 0 saturated heterocycles. The van der Waals surface area contributed by atoms with Gasteiger partial charge in [-0.1, -0.05) is 45.0 Å². The first-order valence-corrected chi connectivity index (χ1v) is 5.09. The number of benzene rings is 1. The summed E-state index contributed by atoms with van der Waals surface area (Å²) in [5.74, 6) is -2.18. The summed E-state index contributed by atoms with van der Waals surface area (Å²) >= 11 is 0. The molecule has 1 rings (SSSR count). The molecule has 16 heavy (non-hydrogen) atoms. The van der Waals surface area contributed by atoms with Gasteiger partial charge >= 0.3 is 5.97 Å². The first-order valence-electron chi connectivity index (χ1n) is 5.09. The highest BCUT2D eigenvalue weighted by Crippen LogP contribution is 2.24. The molecule has 0 spiro atoms. The molecule has 0 aromatic heterocycles. The van der Waals surface area contributed by atoms with Crippen molar-refractivity contribution in [1.82, 2.24) is 0 Å². The highest BCUT2D eigenvalue weighted by atomic mass is 16.4. The Labute approximate surface area is 95.3 Å². The smallest absolute Gasteiger partial charge is 0.325 e. The molecule has 1 unspecified atom stereocenters. The third-order valence-electron chi connectivity index (χ3n) is 2.49. The van der Waals surface area contributed by atoms with Crippen LogP contribution in [0.1, 0.15) is 37.8 Å². The van der Waals surface area contributed by atoms with E-state index in [-0.39, 0.29) is 5.41 Å². The van der Waals surface area contributed by atoms with Crippen LogP contribution in [0.5, 0.6) is 0 Å². The van der Waals surface area contributed by atoms with Gasteiger partial charge in [0.05, 0.1) is 6.07 Å². The van der Waals surface area contributed by atoms with Gasteiger partial charge in [-0.05, 0) is 16.5 Å². The van der Waals surface area contributed by atoms with E-state index in [1.165, 1.54) is 0 Å². The van der Waals surface area contributed by atoms with Crippen molar-refractivity contribution in [2.45, 2.75) is 32.1 Å². The molecule has 0 bridgehead atoms. The molecule has 0 fully saturated rings. The van der Waals surface area contributed by atoms with Crippen LogP contribution in [0.15, 0.2) is 24.3 Å². The number of nitrogens with zero attached hydrogens (tertiary/aromatic N) is 1. The summed E-state index contributed by atoms with van der Waals surface area (Å²) in [7, 11) is 0. The van der Waals surface area contributed by atoms with Gasteiger partial charge in [0, 0.05) is 0 Å². The summed E-state index contributed by atoms with van der Waals surface area (Å²) in [6, 6.07) is 8.95. The number of carboxylic acids is 1. The van der Waals surface area contributed by atoms with Crippen LogP contribution in [0.2, 0.25) is 0 Å². The van der Waals surface area contributed by atoms with Crippen molar-refractivity contribution in [1.29, 1.82) is 5.26 Å². The molecule has 1 N–H and O–H groups in total. The fraction of sp³-hybridized carbons (Fsp3) is 0.385. The minimum atomic E-state index is -1.11. The van der Waals surface area contributed by atoms with Gasteiger partial charge in [-0.2, -0.15) is 5.26 Å². The minimum Gasteiger partial charge on any atom is -0.480 e. The second-order valence-electron chi connectivity index (χ2n) is 4.77. The highest BCUT2D eigenvalue weighted by molar-refractivity contribution is 5.79.